The van der Waals surface area contributed by atoms with Crippen molar-refractivity contribution in [3.8, 4) is 11.5 Å². The lowest BCUT2D eigenvalue weighted by Gasteiger charge is -2.34. The second-order valence-corrected chi connectivity index (χ2v) is 7.04. The number of rotatable bonds is 6. The van der Waals surface area contributed by atoms with Crippen LogP contribution in [-0.2, 0) is 18.3 Å². The van der Waals surface area contributed by atoms with E-state index in [1.165, 1.54) is 13.2 Å². The van der Waals surface area contributed by atoms with Crippen LogP contribution in [0.3, 0.4) is 0 Å². The lowest BCUT2D eigenvalue weighted by atomic mass is 10.1. The Morgan fingerprint density at radius 1 is 1.35 bits per heavy atom. The van der Waals surface area contributed by atoms with Crippen LogP contribution in [0.2, 0.25) is 0 Å². The Labute approximate surface area is 178 Å². The van der Waals surface area contributed by atoms with E-state index in [2.05, 4.69) is 20.3 Å². The lowest BCUT2D eigenvalue weighted by molar-refractivity contribution is -0.153. The highest BCUT2D eigenvalue weighted by molar-refractivity contribution is 5.80. The number of aliphatic imine (C=N–C) groups is 1. The van der Waals surface area contributed by atoms with Crippen molar-refractivity contribution in [2.24, 2.45) is 12.0 Å². The SMILES string of the molecule is CN=C(NCc1ccc(OCC(F)(F)F)c(OC)c1)N1CCOC(c2cnn(C)c2)C1. The van der Waals surface area contributed by atoms with Gasteiger partial charge in [-0.15, -0.1) is 0 Å². The molecular weight excluding hydrogens is 415 g/mol. The molecule has 1 aliphatic rings. The normalized spacial score (nSPS) is 17.5. The molecule has 0 aliphatic carbocycles. The third-order valence-electron chi connectivity index (χ3n) is 4.74. The zero-order valence-corrected chi connectivity index (χ0v) is 17.6. The first kappa shape index (κ1) is 22.7. The van der Waals surface area contributed by atoms with E-state index >= 15 is 0 Å². The maximum Gasteiger partial charge on any atom is 0.422 e. The van der Waals surface area contributed by atoms with Gasteiger partial charge in [0.15, 0.2) is 24.1 Å². The molecule has 170 valence electrons. The van der Waals surface area contributed by atoms with Crippen molar-refractivity contribution < 1.29 is 27.4 Å². The third-order valence-corrected chi connectivity index (χ3v) is 4.74. The van der Waals surface area contributed by atoms with E-state index in [1.807, 2.05) is 13.2 Å². The molecule has 1 atom stereocenters. The van der Waals surface area contributed by atoms with Gasteiger partial charge < -0.3 is 24.4 Å². The van der Waals surface area contributed by atoms with Gasteiger partial charge in [0, 0.05) is 38.9 Å². The topological polar surface area (TPSA) is 73.1 Å². The number of nitrogens with zero attached hydrogens (tertiary/aromatic N) is 4. The Morgan fingerprint density at radius 3 is 2.81 bits per heavy atom. The first-order valence-corrected chi connectivity index (χ1v) is 9.71. The lowest BCUT2D eigenvalue weighted by Crippen LogP contribution is -2.47. The van der Waals surface area contributed by atoms with E-state index in [4.69, 9.17) is 14.2 Å². The minimum absolute atomic E-state index is 0.0421. The minimum Gasteiger partial charge on any atom is -0.493 e. The molecule has 0 saturated carbocycles. The Morgan fingerprint density at radius 2 is 2.16 bits per heavy atom. The number of halogens is 3. The number of nitrogens with one attached hydrogen (secondary N) is 1. The maximum absolute atomic E-state index is 12.4. The summed E-state index contributed by atoms with van der Waals surface area (Å²) in [6, 6.07) is 4.80. The zero-order valence-electron chi connectivity index (χ0n) is 17.6. The van der Waals surface area contributed by atoms with Crippen LogP contribution in [-0.4, -0.2) is 67.3 Å². The average molecular weight is 441 g/mol. The van der Waals surface area contributed by atoms with Gasteiger partial charge in [0.2, 0.25) is 0 Å². The van der Waals surface area contributed by atoms with Gasteiger partial charge in [-0.3, -0.25) is 9.67 Å². The fourth-order valence-corrected chi connectivity index (χ4v) is 3.26. The van der Waals surface area contributed by atoms with Gasteiger partial charge >= 0.3 is 6.18 Å². The molecule has 31 heavy (non-hydrogen) atoms. The molecular formula is C20H26F3N5O3. The smallest absolute Gasteiger partial charge is 0.422 e. The summed E-state index contributed by atoms with van der Waals surface area (Å²) in [5.41, 5.74) is 1.82. The summed E-state index contributed by atoms with van der Waals surface area (Å²) >= 11 is 0. The van der Waals surface area contributed by atoms with E-state index in [-0.39, 0.29) is 17.6 Å². The number of hydrogen-bond donors (Lipinski definition) is 1. The molecule has 3 rings (SSSR count). The molecule has 1 saturated heterocycles. The molecule has 0 bridgehead atoms. The van der Waals surface area contributed by atoms with Crippen LogP contribution in [0, 0.1) is 0 Å². The summed E-state index contributed by atoms with van der Waals surface area (Å²) in [7, 11) is 4.95. The fourth-order valence-electron chi connectivity index (χ4n) is 3.26. The van der Waals surface area contributed by atoms with Crippen molar-refractivity contribution in [2.75, 3.05) is 40.5 Å². The highest BCUT2D eigenvalue weighted by atomic mass is 19.4. The standard InChI is InChI=1S/C20H26F3N5O3/c1-24-19(28-6-7-30-18(12-28)15-10-26-27(2)11-15)25-9-14-4-5-16(17(8-14)29-3)31-13-20(21,22)23/h4-5,8,10-11,18H,6-7,9,12-13H2,1-3H3,(H,24,25). The van der Waals surface area contributed by atoms with E-state index in [1.54, 1.807) is 30.1 Å². The quantitative estimate of drug-likeness (QED) is 0.549. The number of hydrogen-bond acceptors (Lipinski definition) is 5. The number of methoxy groups -OCH3 is 1. The van der Waals surface area contributed by atoms with E-state index in [0.29, 0.717) is 32.2 Å². The fraction of sp³-hybridized carbons (Fsp3) is 0.500. The summed E-state index contributed by atoms with van der Waals surface area (Å²) in [6.07, 6.45) is -0.798. The van der Waals surface area contributed by atoms with Crippen LogP contribution < -0.4 is 14.8 Å². The summed E-state index contributed by atoms with van der Waals surface area (Å²) in [6.45, 7) is 0.905. The van der Waals surface area contributed by atoms with Crippen molar-refractivity contribution in [3.63, 3.8) is 0 Å². The van der Waals surface area contributed by atoms with Gasteiger partial charge in [-0.2, -0.15) is 18.3 Å². The predicted octanol–water partition coefficient (Wildman–Crippen LogP) is 2.52. The second-order valence-electron chi connectivity index (χ2n) is 7.04. The molecule has 1 unspecified atom stereocenters. The molecule has 0 amide bonds. The van der Waals surface area contributed by atoms with Crippen molar-refractivity contribution in [1.29, 1.82) is 0 Å². The van der Waals surface area contributed by atoms with Gasteiger partial charge in [-0.1, -0.05) is 6.07 Å². The Hall–Kier alpha value is -2.95. The molecule has 8 nitrogen and oxygen atoms in total. The number of alkyl halides is 3. The number of aromatic nitrogens is 2. The Bertz CT molecular complexity index is 900. The molecule has 1 aromatic heterocycles. The Balaban J connectivity index is 1.61. The molecule has 0 spiro atoms. The minimum atomic E-state index is -4.41. The monoisotopic (exact) mass is 441 g/mol. The predicted molar refractivity (Wildman–Crippen MR) is 108 cm³/mol. The highest BCUT2D eigenvalue weighted by Gasteiger charge is 2.29. The number of guanidine groups is 1. The summed E-state index contributed by atoms with van der Waals surface area (Å²) in [4.78, 5) is 6.45. The average Bonchev–Trinajstić information content (AvgIpc) is 3.19. The number of ether oxygens (including phenoxy) is 3. The van der Waals surface area contributed by atoms with Gasteiger partial charge in [-0.05, 0) is 17.7 Å². The third kappa shape index (κ3) is 6.27. The summed E-state index contributed by atoms with van der Waals surface area (Å²) in [5, 5.41) is 7.48. The van der Waals surface area contributed by atoms with Crippen LogP contribution in [0.15, 0.2) is 35.6 Å². The summed E-state index contributed by atoms with van der Waals surface area (Å²) in [5.74, 6) is 0.982. The molecule has 2 heterocycles. The van der Waals surface area contributed by atoms with E-state index in [0.717, 1.165) is 11.1 Å². The molecule has 1 aromatic carbocycles. The van der Waals surface area contributed by atoms with Crippen LogP contribution in [0.5, 0.6) is 11.5 Å². The number of aryl methyl sites for hydroxylation is 1. The van der Waals surface area contributed by atoms with E-state index in [9.17, 15) is 13.2 Å². The van der Waals surface area contributed by atoms with Crippen LogP contribution in [0.4, 0.5) is 13.2 Å². The van der Waals surface area contributed by atoms with Gasteiger partial charge in [0.25, 0.3) is 0 Å². The molecule has 2 aromatic rings. The van der Waals surface area contributed by atoms with Crippen molar-refractivity contribution in [1.82, 2.24) is 20.0 Å². The van der Waals surface area contributed by atoms with Crippen molar-refractivity contribution in [2.45, 2.75) is 18.8 Å². The van der Waals surface area contributed by atoms with Crippen molar-refractivity contribution >= 4 is 5.96 Å². The van der Waals surface area contributed by atoms with Gasteiger partial charge in [-0.25, -0.2) is 0 Å². The zero-order chi connectivity index (χ0) is 22.4. The van der Waals surface area contributed by atoms with Crippen LogP contribution >= 0.6 is 0 Å². The number of morpholine rings is 1. The maximum atomic E-state index is 12.4. The van der Waals surface area contributed by atoms with Gasteiger partial charge in [0.05, 0.1) is 26.5 Å². The van der Waals surface area contributed by atoms with Gasteiger partial charge in [0.1, 0.15) is 6.10 Å². The second kappa shape index (κ2) is 9.90. The molecule has 1 fully saturated rings. The first-order chi connectivity index (χ1) is 14.8. The van der Waals surface area contributed by atoms with E-state index < -0.39 is 12.8 Å². The molecule has 11 heteroatoms. The summed E-state index contributed by atoms with van der Waals surface area (Å²) < 4.78 is 54.8. The highest BCUT2D eigenvalue weighted by Crippen LogP contribution is 2.30. The molecule has 1 N–H and O–H groups in total. The largest absolute Gasteiger partial charge is 0.493 e. The molecule has 1 aliphatic heterocycles. The van der Waals surface area contributed by atoms with Crippen LogP contribution in [0.25, 0.3) is 0 Å². The van der Waals surface area contributed by atoms with Crippen LogP contribution in [0.1, 0.15) is 17.2 Å². The molecule has 0 radical (unpaired) electrons. The number of benzene rings is 1. The first-order valence-electron chi connectivity index (χ1n) is 9.71. The van der Waals surface area contributed by atoms with Crippen molar-refractivity contribution in [3.05, 3.63) is 41.7 Å². The Kier molecular flexibility index (Phi) is 7.26.